The molecule has 23 heavy (non-hydrogen) atoms. The third-order valence-electron chi connectivity index (χ3n) is 4.51. The topological polar surface area (TPSA) is 47.5 Å². The molecule has 2 saturated heterocycles. The van der Waals surface area contributed by atoms with Crippen LogP contribution in [0.1, 0.15) is 18.5 Å². The third kappa shape index (κ3) is 3.35. The van der Waals surface area contributed by atoms with Crippen LogP contribution in [-0.4, -0.2) is 46.3 Å². The number of nitrogens with zero attached hydrogens (tertiary/aromatic N) is 3. The Morgan fingerprint density at radius 3 is 2.70 bits per heavy atom. The highest BCUT2D eigenvalue weighted by Gasteiger charge is 2.48. The van der Waals surface area contributed by atoms with Crippen molar-refractivity contribution in [1.29, 1.82) is 0 Å². The van der Waals surface area contributed by atoms with E-state index in [1.165, 1.54) is 0 Å². The summed E-state index contributed by atoms with van der Waals surface area (Å²) in [6.07, 6.45) is 5.66. The van der Waals surface area contributed by atoms with Crippen LogP contribution in [0.25, 0.3) is 0 Å². The molecule has 1 unspecified atom stereocenters. The van der Waals surface area contributed by atoms with Crippen LogP contribution < -0.4 is 4.74 Å². The Balaban J connectivity index is 1.32. The number of rotatable bonds is 4. The summed E-state index contributed by atoms with van der Waals surface area (Å²) < 4.78 is 12.1. The Hall–Kier alpha value is -1.98. The summed E-state index contributed by atoms with van der Waals surface area (Å²) in [7, 11) is 0. The first-order chi connectivity index (χ1) is 11.3. The first kappa shape index (κ1) is 14.6. The normalized spacial score (nSPS) is 23.4. The minimum atomic E-state index is -0.0491. The van der Waals surface area contributed by atoms with Gasteiger partial charge in [0.2, 0.25) is 5.88 Å². The lowest BCUT2D eigenvalue weighted by Gasteiger charge is -2.52. The molecule has 5 nitrogen and oxygen atoms in total. The summed E-state index contributed by atoms with van der Waals surface area (Å²) in [5.74, 6) is 0.708. The summed E-state index contributed by atoms with van der Waals surface area (Å²) in [5.41, 5.74) is 1.06. The minimum absolute atomic E-state index is 0.0491. The molecule has 0 amide bonds. The fourth-order valence-electron chi connectivity index (χ4n) is 3.49. The standard InChI is InChI=1S/C18H21N3O2/c1-3-8-19-15(5-1)12-21-13-18(14-21)11-16(7-10-22-18)23-17-6-2-4-9-20-17/h1-6,8-9,16H,7,10-14H2. The van der Waals surface area contributed by atoms with Crippen molar-refractivity contribution in [2.45, 2.75) is 31.1 Å². The Labute approximate surface area is 136 Å². The average Bonchev–Trinajstić information content (AvgIpc) is 2.56. The Bertz CT molecular complexity index is 629. The molecular formula is C18H21N3O2. The zero-order chi connectivity index (χ0) is 15.5. The number of likely N-dealkylation sites (tertiary alicyclic amines) is 1. The van der Waals surface area contributed by atoms with Crippen LogP contribution in [0.15, 0.2) is 48.8 Å². The Morgan fingerprint density at radius 1 is 1.13 bits per heavy atom. The van der Waals surface area contributed by atoms with Crippen LogP contribution in [0.4, 0.5) is 0 Å². The quantitative estimate of drug-likeness (QED) is 0.867. The maximum absolute atomic E-state index is 6.07. The summed E-state index contributed by atoms with van der Waals surface area (Å²) >= 11 is 0. The summed E-state index contributed by atoms with van der Waals surface area (Å²) in [6, 6.07) is 11.8. The molecular weight excluding hydrogens is 290 g/mol. The van der Waals surface area contributed by atoms with Crippen LogP contribution >= 0.6 is 0 Å². The molecule has 2 aliphatic heterocycles. The van der Waals surface area contributed by atoms with E-state index >= 15 is 0 Å². The fourth-order valence-corrected chi connectivity index (χ4v) is 3.49. The van der Waals surface area contributed by atoms with Crippen molar-refractivity contribution in [3.05, 3.63) is 54.5 Å². The molecule has 2 aliphatic rings. The predicted octanol–water partition coefficient (Wildman–Crippen LogP) is 2.29. The van der Waals surface area contributed by atoms with Gasteiger partial charge in [0.1, 0.15) is 6.10 Å². The van der Waals surface area contributed by atoms with Crippen molar-refractivity contribution >= 4 is 0 Å². The number of hydrogen-bond acceptors (Lipinski definition) is 5. The molecule has 2 fully saturated rings. The smallest absolute Gasteiger partial charge is 0.213 e. The molecule has 0 aromatic carbocycles. The Kier molecular flexibility index (Phi) is 3.97. The first-order valence-electron chi connectivity index (χ1n) is 8.15. The van der Waals surface area contributed by atoms with Crippen LogP contribution in [0.2, 0.25) is 0 Å². The highest BCUT2D eigenvalue weighted by Crippen LogP contribution is 2.36. The molecule has 2 aromatic heterocycles. The van der Waals surface area contributed by atoms with Gasteiger partial charge in [0.25, 0.3) is 0 Å². The first-order valence-corrected chi connectivity index (χ1v) is 8.15. The highest BCUT2D eigenvalue weighted by molar-refractivity contribution is 5.11. The van der Waals surface area contributed by atoms with Gasteiger partial charge in [-0.3, -0.25) is 9.88 Å². The largest absolute Gasteiger partial charge is 0.474 e. The van der Waals surface area contributed by atoms with Crippen LogP contribution in [0, 0.1) is 0 Å². The molecule has 0 N–H and O–H groups in total. The molecule has 1 atom stereocenters. The molecule has 4 rings (SSSR count). The number of ether oxygens (including phenoxy) is 2. The van der Waals surface area contributed by atoms with E-state index in [1.807, 2.05) is 36.5 Å². The van der Waals surface area contributed by atoms with Gasteiger partial charge in [-0.05, 0) is 18.2 Å². The molecule has 0 radical (unpaired) electrons. The van der Waals surface area contributed by atoms with E-state index in [2.05, 4.69) is 20.9 Å². The van der Waals surface area contributed by atoms with Gasteiger partial charge in [-0.25, -0.2) is 4.98 Å². The van der Waals surface area contributed by atoms with Gasteiger partial charge < -0.3 is 9.47 Å². The average molecular weight is 311 g/mol. The second-order valence-corrected chi connectivity index (χ2v) is 6.40. The number of hydrogen-bond donors (Lipinski definition) is 0. The maximum atomic E-state index is 6.07. The van der Waals surface area contributed by atoms with Gasteiger partial charge >= 0.3 is 0 Å². The number of pyridine rings is 2. The van der Waals surface area contributed by atoms with Crippen molar-refractivity contribution in [3.63, 3.8) is 0 Å². The molecule has 1 spiro atoms. The van der Waals surface area contributed by atoms with Gasteiger partial charge in [0, 0.05) is 50.9 Å². The van der Waals surface area contributed by atoms with E-state index < -0.39 is 0 Å². The van der Waals surface area contributed by atoms with Crippen molar-refractivity contribution in [1.82, 2.24) is 14.9 Å². The van der Waals surface area contributed by atoms with Gasteiger partial charge in [-0.15, -0.1) is 0 Å². The summed E-state index contributed by atoms with van der Waals surface area (Å²) in [5, 5.41) is 0. The third-order valence-corrected chi connectivity index (χ3v) is 4.51. The Morgan fingerprint density at radius 2 is 1.96 bits per heavy atom. The number of aromatic nitrogens is 2. The maximum Gasteiger partial charge on any atom is 0.213 e. The van der Waals surface area contributed by atoms with Crippen molar-refractivity contribution in [2.24, 2.45) is 0 Å². The van der Waals surface area contributed by atoms with E-state index in [-0.39, 0.29) is 11.7 Å². The zero-order valence-corrected chi connectivity index (χ0v) is 13.1. The molecule has 120 valence electrons. The highest BCUT2D eigenvalue weighted by atomic mass is 16.5. The van der Waals surface area contributed by atoms with Crippen LogP contribution in [0.3, 0.4) is 0 Å². The molecule has 0 aliphatic carbocycles. The summed E-state index contributed by atoms with van der Waals surface area (Å²) in [4.78, 5) is 11.0. The van der Waals surface area contributed by atoms with Crippen LogP contribution in [-0.2, 0) is 11.3 Å². The lowest BCUT2D eigenvalue weighted by atomic mass is 9.84. The minimum Gasteiger partial charge on any atom is -0.474 e. The second kappa shape index (κ2) is 6.26. The zero-order valence-electron chi connectivity index (χ0n) is 13.1. The van der Waals surface area contributed by atoms with E-state index in [4.69, 9.17) is 9.47 Å². The van der Waals surface area contributed by atoms with E-state index in [9.17, 15) is 0 Å². The van der Waals surface area contributed by atoms with Crippen LogP contribution in [0.5, 0.6) is 5.88 Å². The van der Waals surface area contributed by atoms with E-state index in [0.29, 0.717) is 5.88 Å². The molecule has 2 aromatic rings. The summed E-state index contributed by atoms with van der Waals surface area (Å²) in [6.45, 7) is 3.55. The van der Waals surface area contributed by atoms with E-state index in [0.717, 1.165) is 44.8 Å². The second-order valence-electron chi connectivity index (χ2n) is 6.40. The van der Waals surface area contributed by atoms with Gasteiger partial charge in [-0.2, -0.15) is 0 Å². The lowest BCUT2D eigenvalue weighted by Crippen LogP contribution is -2.65. The molecule has 0 bridgehead atoms. The van der Waals surface area contributed by atoms with Crippen molar-refractivity contribution in [2.75, 3.05) is 19.7 Å². The lowest BCUT2D eigenvalue weighted by molar-refractivity contribution is -0.188. The van der Waals surface area contributed by atoms with Gasteiger partial charge in [0.15, 0.2) is 0 Å². The molecule has 4 heterocycles. The fraction of sp³-hybridized carbons (Fsp3) is 0.444. The molecule has 5 heteroatoms. The van der Waals surface area contributed by atoms with Gasteiger partial charge in [-0.1, -0.05) is 12.1 Å². The van der Waals surface area contributed by atoms with Crippen molar-refractivity contribution < 1.29 is 9.47 Å². The van der Waals surface area contributed by atoms with Gasteiger partial charge in [0.05, 0.1) is 17.9 Å². The molecule has 0 saturated carbocycles. The van der Waals surface area contributed by atoms with E-state index in [1.54, 1.807) is 6.20 Å². The van der Waals surface area contributed by atoms with Crippen molar-refractivity contribution in [3.8, 4) is 5.88 Å². The predicted molar refractivity (Wildman–Crippen MR) is 86.1 cm³/mol. The monoisotopic (exact) mass is 311 g/mol. The SMILES string of the molecule is c1ccc(CN2CC3(CC(Oc4ccccn4)CCO3)C2)nc1.